The Labute approximate surface area is 190 Å². The molecule has 1 saturated heterocycles. The summed E-state index contributed by atoms with van der Waals surface area (Å²) in [5.41, 5.74) is 1.81. The first kappa shape index (κ1) is 22.3. The zero-order valence-electron chi connectivity index (χ0n) is 18.0. The molecular weight excluding hydrogens is 429 g/mol. The van der Waals surface area contributed by atoms with Crippen LogP contribution in [0.3, 0.4) is 0 Å². The average Bonchev–Trinajstić information content (AvgIpc) is 3.27. The minimum Gasteiger partial charge on any atom is -0.494 e. The van der Waals surface area contributed by atoms with Crippen LogP contribution in [-0.4, -0.2) is 58.7 Å². The summed E-state index contributed by atoms with van der Waals surface area (Å²) in [6, 6.07) is 13.9. The fourth-order valence-corrected chi connectivity index (χ4v) is 4.32. The van der Waals surface area contributed by atoms with Gasteiger partial charge in [-0.25, -0.2) is 4.39 Å². The van der Waals surface area contributed by atoms with Crippen molar-refractivity contribution in [3.05, 3.63) is 69.9 Å². The Hall–Kier alpha value is -2.88. The number of halogens is 1. The van der Waals surface area contributed by atoms with Gasteiger partial charge in [0, 0.05) is 38.4 Å². The number of aromatic nitrogens is 2. The van der Waals surface area contributed by atoms with Gasteiger partial charge in [-0.2, -0.15) is 0 Å². The van der Waals surface area contributed by atoms with E-state index in [0.717, 1.165) is 43.5 Å². The summed E-state index contributed by atoms with van der Waals surface area (Å²) in [6.45, 7) is 8.09. The third kappa shape index (κ3) is 6.09. The van der Waals surface area contributed by atoms with Crippen molar-refractivity contribution in [2.45, 2.75) is 20.0 Å². The lowest BCUT2D eigenvalue weighted by Gasteiger charge is -2.34. The molecule has 0 atom stereocenters. The summed E-state index contributed by atoms with van der Waals surface area (Å²) < 4.78 is 18.5. The van der Waals surface area contributed by atoms with E-state index in [1.165, 1.54) is 41.2 Å². The maximum atomic E-state index is 13.0. The van der Waals surface area contributed by atoms with Gasteiger partial charge in [0.1, 0.15) is 16.6 Å². The van der Waals surface area contributed by atoms with Crippen LogP contribution in [0.15, 0.2) is 48.5 Å². The highest BCUT2D eigenvalue weighted by Gasteiger charge is 2.20. The van der Waals surface area contributed by atoms with Gasteiger partial charge in [0.25, 0.3) is 5.91 Å². The van der Waals surface area contributed by atoms with E-state index in [1.807, 2.05) is 19.1 Å². The molecule has 4 rings (SSSR count). The number of amides is 1. The zero-order valence-corrected chi connectivity index (χ0v) is 18.8. The summed E-state index contributed by atoms with van der Waals surface area (Å²) in [5, 5.41) is 12.0. The van der Waals surface area contributed by atoms with E-state index >= 15 is 0 Å². The van der Waals surface area contributed by atoms with Crippen molar-refractivity contribution in [1.29, 1.82) is 0 Å². The number of hydrogen-bond donors (Lipinski definition) is 1. The maximum absolute atomic E-state index is 13.0. The highest BCUT2D eigenvalue weighted by atomic mass is 32.1. The quantitative estimate of drug-likeness (QED) is 0.559. The minimum absolute atomic E-state index is 0.304. The van der Waals surface area contributed by atoms with Gasteiger partial charge < -0.3 is 10.1 Å². The number of carbonyl (C=O) groups excluding carboxylic acids is 1. The highest BCUT2D eigenvalue weighted by molar-refractivity contribution is 7.13. The van der Waals surface area contributed by atoms with E-state index in [9.17, 15) is 9.18 Å². The number of piperazine rings is 1. The third-order valence-electron chi connectivity index (χ3n) is 5.23. The van der Waals surface area contributed by atoms with Crippen LogP contribution in [0.5, 0.6) is 5.75 Å². The van der Waals surface area contributed by atoms with Crippen molar-refractivity contribution >= 4 is 22.9 Å². The molecule has 3 aromatic rings. The van der Waals surface area contributed by atoms with Gasteiger partial charge in [0.15, 0.2) is 0 Å². The molecule has 0 spiro atoms. The monoisotopic (exact) mass is 455 g/mol. The van der Waals surface area contributed by atoms with Gasteiger partial charge in [-0.3, -0.25) is 14.6 Å². The number of carbonyl (C=O) groups is 1. The van der Waals surface area contributed by atoms with Crippen molar-refractivity contribution in [2.75, 3.05) is 38.1 Å². The van der Waals surface area contributed by atoms with Gasteiger partial charge in [-0.15, -0.1) is 10.2 Å². The topological polar surface area (TPSA) is 70.6 Å². The Balaban J connectivity index is 1.23. The van der Waals surface area contributed by atoms with Crippen LogP contribution in [0.2, 0.25) is 0 Å². The first-order valence-electron chi connectivity index (χ1n) is 10.6. The molecule has 0 radical (unpaired) electrons. The summed E-state index contributed by atoms with van der Waals surface area (Å²) in [5.74, 6) is 0.227. The van der Waals surface area contributed by atoms with Crippen LogP contribution >= 0.6 is 11.3 Å². The molecular formula is C23H26FN5O2S. The summed E-state index contributed by atoms with van der Waals surface area (Å²) in [6.07, 6.45) is 0. The first-order valence-corrected chi connectivity index (χ1v) is 11.5. The van der Waals surface area contributed by atoms with E-state index < -0.39 is 0 Å². The summed E-state index contributed by atoms with van der Waals surface area (Å²) >= 11 is 1.29. The predicted molar refractivity (Wildman–Crippen MR) is 122 cm³/mol. The SMILES string of the molecule is CCOc1ccc(CN2CCN(Cc3nnc(C(=O)Nc4ccc(F)cc4)s3)CC2)cc1. The first-order chi connectivity index (χ1) is 15.6. The molecule has 0 unspecified atom stereocenters. The molecule has 1 aliphatic rings. The van der Waals surface area contributed by atoms with Crippen molar-refractivity contribution in [2.24, 2.45) is 0 Å². The van der Waals surface area contributed by atoms with E-state index in [4.69, 9.17) is 4.74 Å². The Kier molecular flexibility index (Phi) is 7.41. The number of hydrogen-bond acceptors (Lipinski definition) is 7. The smallest absolute Gasteiger partial charge is 0.286 e. The number of nitrogens with zero attached hydrogens (tertiary/aromatic N) is 4. The second kappa shape index (κ2) is 10.6. The van der Waals surface area contributed by atoms with E-state index in [-0.39, 0.29) is 11.7 Å². The molecule has 2 aromatic carbocycles. The second-order valence-corrected chi connectivity index (χ2v) is 8.65. The van der Waals surface area contributed by atoms with Crippen molar-refractivity contribution in [3.8, 4) is 5.75 Å². The molecule has 1 aromatic heterocycles. The molecule has 9 heteroatoms. The molecule has 0 saturated carbocycles. The zero-order chi connectivity index (χ0) is 22.3. The Morgan fingerprint density at radius 1 is 1.00 bits per heavy atom. The number of anilines is 1. The number of benzene rings is 2. The van der Waals surface area contributed by atoms with E-state index in [1.54, 1.807) is 0 Å². The van der Waals surface area contributed by atoms with Crippen molar-refractivity contribution in [1.82, 2.24) is 20.0 Å². The lowest BCUT2D eigenvalue weighted by atomic mass is 10.2. The summed E-state index contributed by atoms with van der Waals surface area (Å²) in [4.78, 5) is 17.1. The average molecular weight is 456 g/mol. The molecule has 32 heavy (non-hydrogen) atoms. The normalized spacial score (nSPS) is 14.9. The molecule has 1 N–H and O–H groups in total. The van der Waals surface area contributed by atoms with Gasteiger partial charge in [0.2, 0.25) is 5.01 Å². The van der Waals surface area contributed by atoms with Gasteiger partial charge in [-0.05, 0) is 48.9 Å². The maximum Gasteiger partial charge on any atom is 0.286 e. The van der Waals surface area contributed by atoms with Crippen LogP contribution in [0.4, 0.5) is 10.1 Å². The van der Waals surface area contributed by atoms with Gasteiger partial charge in [0.05, 0.1) is 13.2 Å². The fourth-order valence-electron chi connectivity index (χ4n) is 3.54. The number of ether oxygens (including phenoxy) is 1. The van der Waals surface area contributed by atoms with Crippen molar-refractivity contribution in [3.63, 3.8) is 0 Å². The van der Waals surface area contributed by atoms with E-state index in [2.05, 4.69) is 37.4 Å². The largest absolute Gasteiger partial charge is 0.494 e. The second-order valence-electron chi connectivity index (χ2n) is 7.59. The van der Waals surface area contributed by atoms with Crippen LogP contribution in [0.1, 0.15) is 27.3 Å². The molecule has 1 fully saturated rings. The molecule has 1 amide bonds. The van der Waals surface area contributed by atoms with Crippen LogP contribution in [-0.2, 0) is 13.1 Å². The standard InChI is InChI=1S/C23H26FN5O2S/c1-2-31-20-9-3-17(4-10-20)15-28-11-13-29(14-12-28)16-21-26-27-23(32-21)22(30)25-19-7-5-18(24)6-8-19/h3-10H,2,11-16H2,1H3,(H,25,30). The highest BCUT2D eigenvalue weighted by Crippen LogP contribution is 2.18. The Bertz CT molecular complexity index is 1020. The van der Waals surface area contributed by atoms with Crippen LogP contribution < -0.4 is 10.1 Å². The third-order valence-corrected chi connectivity index (χ3v) is 6.13. The van der Waals surface area contributed by atoms with Crippen LogP contribution in [0.25, 0.3) is 0 Å². The lowest BCUT2D eigenvalue weighted by molar-refractivity contribution is 0.102. The molecule has 0 aliphatic carbocycles. The van der Waals surface area contributed by atoms with Crippen molar-refractivity contribution < 1.29 is 13.9 Å². The molecule has 1 aliphatic heterocycles. The van der Waals surface area contributed by atoms with Gasteiger partial charge in [-0.1, -0.05) is 23.5 Å². The van der Waals surface area contributed by atoms with Crippen LogP contribution in [0, 0.1) is 5.82 Å². The van der Waals surface area contributed by atoms with E-state index in [0.29, 0.717) is 23.8 Å². The Morgan fingerprint density at radius 2 is 1.66 bits per heavy atom. The van der Waals surface area contributed by atoms with Gasteiger partial charge >= 0.3 is 0 Å². The minimum atomic E-state index is -0.347. The molecule has 2 heterocycles. The molecule has 0 bridgehead atoms. The summed E-state index contributed by atoms with van der Waals surface area (Å²) in [7, 11) is 0. The lowest BCUT2D eigenvalue weighted by Crippen LogP contribution is -2.45. The Morgan fingerprint density at radius 3 is 2.31 bits per heavy atom. The number of rotatable bonds is 8. The fraction of sp³-hybridized carbons (Fsp3) is 0.348. The molecule has 7 nitrogen and oxygen atoms in total. The molecule has 168 valence electrons. The predicted octanol–water partition coefficient (Wildman–Crippen LogP) is 3.65. The number of nitrogens with one attached hydrogen (secondary N) is 1.